The lowest BCUT2D eigenvalue weighted by atomic mass is 10.1. The van der Waals surface area contributed by atoms with Gasteiger partial charge in [-0.05, 0) is 49.1 Å². The van der Waals surface area contributed by atoms with Crippen LogP contribution in [0.1, 0.15) is 44.6 Å². The lowest BCUT2D eigenvalue weighted by Crippen LogP contribution is -2.52. The molecule has 31 heavy (non-hydrogen) atoms. The van der Waals surface area contributed by atoms with E-state index in [9.17, 15) is 14.0 Å². The minimum absolute atomic E-state index is 0.156. The molecule has 1 atom stereocenters. The summed E-state index contributed by atoms with van der Waals surface area (Å²) >= 11 is 6.12. The first-order valence-electron chi connectivity index (χ1n) is 10.7. The summed E-state index contributed by atoms with van der Waals surface area (Å²) < 4.78 is 19.0. The lowest BCUT2D eigenvalue weighted by molar-refractivity contribution is -0.143. The third-order valence-corrected chi connectivity index (χ3v) is 5.85. The van der Waals surface area contributed by atoms with Crippen LogP contribution in [0.4, 0.5) is 4.39 Å². The molecule has 3 rings (SSSR count). The van der Waals surface area contributed by atoms with Crippen LogP contribution >= 0.6 is 11.6 Å². The predicted octanol–water partition coefficient (Wildman–Crippen LogP) is 4.72. The van der Waals surface area contributed by atoms with E-state index in [1.54, 1.807) is 36.4 Å². The van der Waals surface area contributed by atoms with Crippen LogP contribution in [-0.2, 0) is 16.1 Å². The average Bonchev–Trinajstić information content (AvgIpc) is 3.27. The van der Waals surface area contributed by atoms with Crippen molar-refractivity contribution in [2.75, 3.05) is 6.61 Å². The highest BCUT2D eigenvalue weighted by atomic mass is 35.5. The van der Waals surface area contributed by atoms with Gasteiger partial charge in [0, 0.05) is 12.6 Å². The fourth-order valence-corrected chi connectivity index (χ4v) is 4.05. The number of para-hydroxylation sites is 1. The molecule has 0 saturated heterocycles. The minimum Gasteiger partial charge on any atom is -0.482 e. The summed E-state index contributed by atoms with van der Waals surface area (Å²) in [6.07, 6.45) is 4.59. The van der Waals surface area contributed by atoms with Crippen LogP contribution in [0, 0.1) is 5.82 Å². The zero-order chi connectivity index (χ0) is 22.2. The van der Waals surface area contributed by atoms with E-state index in [1.165, 1.54) is 17.0 Å². The van der Waals surface area contributed by atoms with Gasteiger partial charge in [0.05, 0.1) is 5.02 Å². The van der Waals surface area contributed by atoms with E-state index in [4.69, 9.17) is 16.3 Å². The van der Waals surface area contributed by atoms with Gasteiger partial charge in [-0.25, -0.2) is 4.39 Å². The summed E-state index contributed by atoms with van der Waals surface area (Å²) in [5, 5.41) is 3.50. The molecule has 1 N–H and O–H groups in total. The van der Waals surface area contributed by atoms with Crippen molar-refractivity contribution in [2.45, 2.75) is 57.7 Å². The summed E-state index contributed by atoms with van der Waals surface area (Å²) in [6, 6.07) is 12.3. The number of amides is 2. The van der Waals surface area contributed by atoms with Gasteiger partial charge >= 0.3 is 0 Å². The van der Waals surface area contributed by atoms with Gasteiger partial charge in [-0.15, -0.1) is 0 Å². The number of carbonyl (C=O) groups is 2. The predicted molar refractivity (Wildman–Crippen MR) is 118 cm³/mol. The molecule has 0 heterocycles. The second-order valence-electron chi connectivity index (χ2n) is 7.78. The number of hydrogen-bond acceptors (Lipinski definition) is 3. The molecule has 0 aliphatic heterocycles. The monoisotopic (exact) mass is 446 g/mol. The maximum atomic E-state index is 13.3. The second kappa shape index (κ2) is 11.1. The highest BCUT2D eigenvalue weighted by Gasteiger charge is 2.31. The quantitative estimate of drug-likeness (QED) is 0.606. The molecule has 2 aromatic rings. The molecule has 1 aliphatic rings. The Morgan fingerprint density at radius 3 is 2.48 bits per heavy atom. The van der Waals surface area contributed by atoms with Crippen LogP contribution in [-0.4, -0.2) is 35.4 Å². The topological polar surface area (TPSA) is 58.6 Å². The Balaban J connectivity index is 1.76. The number of nitrogens with one attached hydrogen (secondary N) is 1. The summed E-state index contributed by atoms with van der Waals surface area (Å²) in [4.78, 5) is 27.7. The van der Waals surface area contributed by atoms with Gasteiger partial charge < -0.3 is 15.0 Å². The molecular formula is C24H28ClFN2O3. The van der Waals surface area contributed by atoms with E-state index in [2.05, 4.69) is 5.32 Å². The van der Waals surface area contributed by atoms with E-state index < -0.39 is 6.04 Å². The molecule has 7 heteroatoms. The van der Waals surface area contributed by atoms with Crippen LogP contribution < -0.4 is 10.1 Å². The number of halogens is 2. The van der Waals surface area contributed by atoms with Gasteiger partial charge in [0.25, 0.3) is 5.91 Å². The first kappa shape index (κ1) is 23.1. The number of benzene rings is 2. The van der Waals surface area contributed by atoms with Gasteiger partial charge in [0.2, 0.25) is 5.91 Å². The minimum atomic E-state index is -0.645. The number of carbonyl (C=O) groups excluding carboxylic acids is 2. The van der Waals surface area contributed by atoms with Crippen molar-refractivity contribution in [2.24, 2.45) is 0 Å². The molecule has 2 aromatic carbocycles. The SMILES string of the molecule is CCC(C(=O)NC1CCCC1)N(Cc1ccc(F)cc1)C(=O)COc1ccccc1Cl. The maximum Gasteiger partial charge on any atom is 0.261 e. The molecule has 2 amide bonds. The van der Waals surface area contributed by atoms with E-state index >= 15 is 0 Å². The van der Waals surface area contributed by atoms with Crippen molar-refractivity contribution < 1.29 is 18.7 Å². The van der Waals surface area contributed by atoms with Crippen LogP contribution in [0.3, 0.4) is 0 Å². The normalized spacial score (nSPS) is 14.8. The zero-order valence-electron chi connectivity index (χ0n) is 17.7. The molecule has 166 valence electrons. The second-order valence-corrected chi connectivity index (χ2v) is 8.19. The highest BCUT2D eigenvalue weighted by molar-refractivity contribution is 6.32. The first-order valence-corrected chi connectivity index (χ1v) is 11.1. The van der Waals surface area contributed by atoms with Crippen molar-refractivity contribution in [3.63, 3.8) is 0 Å². The van der Waals surface area contributed by atoms with Crippen molar-refractivity contribution >= 4 is 23.4 Å². The fraction of sp³-hybridized carbons (Fsp3) is 0.417. The molecule has 1 unspecified atom stereocenters. The van der Waals surface area contributed by atoms with Crippen LogP contribution in [0.25, 0.3) is 0 Å². The Hall–Kier alpha value is -2.60. The summed E-state index contributed by atoms with van der Waals surface area (Å²) in [5.41, 5.74) is 0.736. The average molecular weight is 447 g/mol. The molecule has 0 aromatic heterocycles. The molecule has 5 nitrogen and oxygen atoms in total. The number of nitrogens with zero attached hydrogens (tertiary/aromatic N) is 1. The van der Waals surface area contributed by atoms with E-state index in [0.29, 0.717) is 17.2 Å². The van der Waals surface area contributed by atoms with Gasteiger partial charge in [-0.3, -0.25) is 9.59 Å². The Labute approximate surface area is 187 Å². The van der Waals surface area contributed by atoms with Gasteiger partial charge in [0.1, 0.15) is 17.6 Å². The van der Waals surface area contributed by atoms with Crippen molar-refractivity contribution in [3.05, 3.63) is 64.9 Å². The molecule has 1 fully saturated rings. The Kier molecular flexibility index (Phi) is 8.29. The van der Waals surface area contributed by atoms with Crippen LogP contribution in [0.15, 0.2) is 48.5 Å². The van der Waals surface area contributed by atoms with Gasteiger partial charge in [-0.2, -0.15) is 0 Å². The molecule has 0 radical (unpaired) electrons. The summed E-state index contributed by atoms with van der Waals surface area (Å²) in [7, 11) is 0. The highest BCUT2D eigenvalue weighted by Crippen LogP contribution is 2.24. The zero-order valence-corrected chi connectivity index (χ0v) is 18.4. The molecule has 1 saturated carbocycles. The molecule has 0 bridgehead atoms. The third kappa shape index (κ3) is 6.44. The lowest BCUT2D eigenvalue weighted by Gasteiger charge is -2.31. The Morgan fingerprint density at radius 2 is 1.84 bits per heavy atom. The number of hydrogen-bond donors (Lipinski definition) is 1. The first-order chi connectivity index (χ1) is 15.0. The van der Waals surface area contributed by atoms with E-state index in [0.717, 1.165) is 31.2 Å². The van der Waals surface area contributed by atoms with Crippen molar-refractivity contribution in [1.29, 1.82) is 0 Å². The van der Waals surface area contributed by atoms with Crippen LogP contribution in [0.2, 0.25) is 5.02 Å². The molecule has 0 spiro atoms. The van der Waals surface area contributed by atoms with Gasteiger partial charge in [-0.1, -0.05) is 55.6 Å². The van der Waals surface area contributed by atoms with Gasteiger partial charge in [0.15, 0.2) is 6.61 Å². The van der Waals surface area contributed by atoms with Crippen molar-refractivity contribution in [1.82, 2.24) is 10.2 Å². The Bertz CT molecular complexity index is 885. The summed E-state index contributed by atoms with van der Waals surface area (Å²) in [5.74, 6) is -0.447. The van der Waals surface area contributed by atoms with E-state index in [1.807, 2.05) is 6.92 Å². The maximum absolute atomic E-state index is 13.3. The summed E-state index contributed by atoms with van der Waals surface area (Å²) in [6.45, 7) is 1.80. The Morgan fingerprint density at radius 1 is 1.16 bits per heavy atom. The number of rotatable bonds is 9. The largest absolute Gasteiger partial charge is 0.482 e. The standard InChI is InChI=1S/C24H28ClFN2O3/c1-2-21(24(30)27-19-7-3-4-8-19)28(15-17-11-13-18(26)14-12-17)23(29)16-31-22-10-6-5-9-20(22)25/h5-6,9-14,19,21H,2-4,7-8,15-16H2,1H3,(H,27,30). The van der Waals surface area contributed by atoms with Crippen molar-refractivity contribution in [3.8, 4) is 5.75 Å². The smallest absolute Gasteiger partial charge is 0.261 e. The molecule has 1 aliphatic carbocycles. The third-order valence-electron chi connectivity index (χ3n) is 5.54. The number of ether oxygens (including phenoxy) is 1. The molecular weight excluding hydrogens is 419 g/mol. The van der Waals surface area contributed by atoms with Crippen LogP contribution in [0.5, 0.6) is 5.75 Å². The fourth-order valence-electron chi connectivity index (χ4n) is 3.86. The van der Waals surface area contributed by atoms with E-state index in [-0.39, 0.29) is 36.8 Å².